The maximum atomic E-state index is 12.5. The highest BCUT2D eigenvalue weighted by atomic mass is 16.5. The molecule has 0 fully saturated rings. The summed E-state index contributed by atoms with van der Waals surface area (Å²) in [6, 6.07) is 18.5. The van der Waals surface area contributed by atoms with Gasteiger partial charge < -0.3 is 20.3 Å². The Kier molecular flexibility index (Phi) is 9.22. The highest BCUT2D eigenvalue weighted by Crippen LogP contribution is 2.15. The molecule has 0 radical (unpaired) electrons. The quantitative estimate of drug-likeness (QED) is 0.477. The molecular weight excluding hydrogens is 400 g/mol. The lowest BCUT2D eigenvalue weighted by Gasteiger charge is -2.15. The van der Waals surface area contributed by atoms with Gasteiger partial charge in [-0.25, -0.2) is 4.79 Å². The molecule has 1 heterocycles. The summed E-state index contributed by atoms with van der Waals surface area (Å²) >= 11 is 0. The number of pyridine rings is 1. The average Bonchev–Trinajstić information content (AvgIpc) is 2.79. The molecule has 0 saturated heterocycles. The summed E-state index contributed by atoms with van der Waals surface area (Å²) < 4.78 is 5.69. The van der Waals surface area contributed by atoms with Crippen molar-refractivity contribution >= 4 is 18.3 Å². The molecule has 3 N–H and O–H groups in total. The Morgan fingerprint density at radius 1 is 1.03 bits per heavy atom. The first kappa shape index (κ1) is 23.1. The molecule has 0 aliphatic carbocycles. The highest BCUT2D eigenvalue weighted by molar-refractivity contribution is 5.97. The fraction of sp³-hybridized carbons (Fsp3) is 0.130. The van der Waals surface area contributed by atoms with Gasteiger partial charge in [-0.15, -0.1) is 0 Å². The van der Waals surface area contributed by atoms with Gasteiger partial charge in [0.05, 0.1) is 0 Å². The number of carboxylic acids is 1. The van der Waals surface area contributed by atoms with Crippen LogP contribution in [0.15, 0.2) is 79.1 Å². The number of aromatic nitrogens is 1. The molecule has 8 heteroatoms. The van der Waals surface area contributed by atoms with Gasteiger partial charge in [-0.1, -0.05) is 42.5 Å². The van der Waals surface area contributed by atoms with Crippen molar-refractivity contribution in [2.45, 2.75) is 19.1 Å². The van der Waals surface area contributed by atoms with E-state index in [-0.39, 0.29) is 12.9 Å². The van der Waals surface area contributed by atoms with Gasteiger partial charge in [-0.2, -0.15) is 0 Å². The minimum atomic E-state index is -1.08. The molecular formula is C23H22N2O6. The molecule has 1 amide bonds. The van der Waals surface area contributed by atoms with E-state index < -0.39 is 17.9 Å². The third-order valence-electron chi connectivity index (χ3n) is 4.11. The Bertz CT molecular complexity index is 980. The standard InChI is InChI=1S/C22H20N2O4.CH2O2/c25-21(24-20(22(26)27)12-16-6-2-1-3-7-16)18-9-4-10-19(13-18)28-15-17-8-5-11-23-14-17;2-1-3/h1-11,13-14,20H,12,15H2,(H,24,25)(H,26,27);1H,(H,2,3)/t20-;/m1./s1. The zero-order valence-corrected chi connectivity index (χ0v) is 16.5. The average molecular weight is 422 g/mol. The molecule has 0 saturated carbocycles. The lowest BCUT2D eigenvalue weighted by molar-refractivity contribution is -0.139. The Labute approximate surface area is 179 Å². The van der Waals surface area contributed by atoms with Crippen LogP contribution in [0.1, 0.15) is 21.5 Å². The van der Waals surface area contributed by atoms with Crippen molar-refractivity contribution in [3.05, 3.63) is 95.8 Å². The number of hydrogen-bond donors (Lipinski definition) is 3. The van der Waals surface area contributed by atoms with Crippen molar-refractivity contribution in [2.24, 2.45) is 0 Å². The number of amides is 1. The number of carboxylic acid groups (broad SMARTS) is 2. The first-order valence-electron chi connectivity index (χ1n) is 9.30. The molecule has 0 spiro atoms. The lowest BCUT2D eigenvalue weighted by atomic mass is 10.1. The van der Waals surface area contributed by atoms with Crippen LogP contribution >= 0.6 is 0 Å². The predicted molar refractivity (Wildman–Crippen MR) is 113 cm³/mol. The van der Waals surface area contributed by atoms with Crippen molar-refractivity contribution in [1.29, 1.82) is 0 Å². The smallest absolute Gasteiger partial charge is 0.326 e. The number of nitrogens with one attached hydrogen (secondary N) is 1. The van der Waals surface area contributed by atoms with Gasteiger partial charge >= 0.3 is 5.97 Å². The molecule has 0 aliphatic heterocycles. The Morgan fingerprint density at radius 3 is 2.39 bits per heavy atom. The molecule has 3 aromatic rings. The second kappa shape index (κ2) is 12.4. The first-order chi connectivity index (χ1) is 15.0. The van der Waals surface area contributed by atoms with Crippen LogP contribution in [-0.2, 0) is 22.6 Å². The van der Waals surface area contributed by atoms with Crippen molar-refractivity contribution in [3.8, 4) is 5.75 Å². The fourth-order valence-electron chi connectivity index (χ4n) is 2.67. The third kappa shape index (κ3) is 7.98. The number of ether oxygens (including phenoxy) is 1. The monoisotopic (exact) mass is 422 g/mol. The van der Waals surface area contributed by atoms with Gasteiger partial charge in [0.25, 0.3) is 12.4 Å². The normalized spacial score (nSPS) is 10.7. The van der Waals surface area contributed by atoms with E-state index in [9.17, 15) is 14.7 Å². The van der Waals surface area contributed by atoms with Crippen LogP contribution in [0.2, 0.25) is 0 Å². The van der Waals surface area contributed by atoms with E-state index in [1.807, 2.05) is 42.5 Å². The number of carbonyl (C=O) groups excluding carboxylic acids is 1. The number of benzene rings is 2. The van der Waals surface area contributed by atoms with E-state index in [1.165, 1.54) is 0 Å². The Balaban J connectivity index is 0.00000107. The largest absolute Gasteiger partial charge is 0.489 e. The van der Waals surface area contributed by atoms with Crippen molar-refractivity contribution in [3.63, 3.8) is 0 Å². The number of aliphatic carboxylic acids is 1. The minimum Gasteiger partial charge on any atom is -0.489 e. The van der Waals surface area contributed by atoms with E-state index in [1.54, 1.807) is 36.7 Å². The van der Waals surface area contributed by atoms with Gasteiger partial charge in [0.1, 0.15) is 18.4 Å². The number of nitrogens with zero attached hydrogens (tertiary/aromatic N) is 1. The van der Waals surface area contributed by atoms with Gasteiger partial charge in [0, 0.05) is 29.9 Å². The fourth-order valence-corrected chi connectivity index (χ4v) is 2.67. The molecule has 0 bridgehead atoms. The van der Waals surface area contributed by atoms with E-state index in [2.05, 4.69) is 10.3 Å². The topological polar surface area (TPSA) is 126 Å². The SMILES string of the molecule is O=C(N[C@H](Cc1ccccc1)C(=O)O)c1cccc(OCc2cccnc2)c1.O=CO. The van der Waals surface area contributed by atoms with E-state index in [0.29, 0.717) is 17.9 Å². The van der Waals surface area contributed by atoms with E-state index >= 15 is 0 Å². The minimum absolute atomic E-state index is 0.207. The molecule has 31 heavy (non-hydrogen) atoms. The predicted octanol–water partition coefficient (Wildman–Crippen LogP) is 2.79. The van der Waals surface area contributed by atoms with Gasteiger partial charge in [-0.3, -0.25) is 14.6 Å². The van der Waals surface area contributed by atoms with Crippen LogP contribution in [0.3, 0.4) is 0 Å². The summed E-state index contributed by atoms with van der Waals surface area (Å²) in [5.41, 5.74) is 2.08. The molecule has 1 aromatic heterocycles. The van der Waals surface area contributed by atoms with Gasteiger partial charge in [0.2, 0.25) is 0 Å². The molecule has 1 atom stereocenters. The number of carbonyl (C=O) groups is 3. The summed E-state index contributed by atoms with van der Waals surface area (Å²) in [5.74, 6) is -1.03. The second-order valence-corrected chi connectivity index (χ2v) is 6.34. The van der Waals surface area contributed by atoms with Gasteiger partial charge in [0.15, 0.2) is 0 Å². The van der Waals surface area contributed by atoms with Crippen LogP contribution in [0, 0.1) is 0 Å². The molecule has 2 aromatic carbocycles. The lowest BCUT2D eigenvalue weighted by Crippen LogP contribution is -2.42. The summed E-state index contributed by atoms with van der Waals surface area (Å²) in [6.07, 6.45) is 3.60. The zero-order chi connectivity index (χ0) is 22.5. The van der Waals surface area contributed by atoms with E-state index in [4.69, 9.17) is 14.6 Å². The van der Waals surface area contributed by atoms with Crippen LogP contribution in [0.5, 0.6) is 5.75 Å². The Morgan fingerprint density at radius 2 is 1.74 bits per heavy atom. The van der Waals surface area contributed by atoms with Crippen LogP contribution in [0.4, 0.5) is 0 Å². The van der Waals surface area contributed by atoms with Crippen molar-refractivity contribution in [2.75, 3.05) is 0 Å². The van der Waals surface area contributed by atoms with Crippen LogP contribution < -0.4 is 10.1 Å². The molecule has 3 rings (SSSR count). The third-order valence-corrected chi connectivity index (χ3v) is 4.11. The molecule has 0 aliphatic rings. The van der Waals surface area contributed by atoms with Crippen LogP contribution in [-0.4, -0.2) is 39.6 Å². The summed E-state index contributed by atoms with van der Waals surface area (Å²) in [6.45, 7) is 0.0741. The van der Waals surface area contributed by atoms with Gasteiger partial charge in [-0.05, 0) is 29.8 Å². The molecule has 0 unspecified atom stereocenters. The highest BCUT2D eigenvalue weighted by Gasteiger charge is 2.21. The summed E-state index contributed by atoms with van der Waals surface area (Å²) in [5, 5.41) is 18.9. The maximum absolute atomic E-state index is 12.5. The summed E-state index contributed by atoms with van der Waals surface area (Å²) in [4.78, 5) is 36.5. The second-order valence-electron chi connectivity index (χ2n) is 6.34. The first-order valence-corrected chi connectivity index (χ1v) is 9.30. The maximum Gasteiger partial charge on any atom is 0.326 e. The molecule has 160 valence electrons. The zero-order valence-electron chi connectivity index (χ0n) is 16.5. The van der Waals surface area contributed by atoms with Crippen molar-refractivity contribution in [1.82, 2.24) is 10.3 Å². The number of hydrogen-bond acceptors (Lipinski definition) is 5. The molecule has 8 nitrogen and oxygen atoms in total. The summed E-state index contributed by atoms with van der Waals surface area (Å²) in [7, 11) is 0. The number of rotatable bonds is 8. The van der Waals surface area contributed by atoms with Crippen molar-refractivity contribution < 1.29 is 29.3 Å². The Hall–Kier alpha value is -4.20. The van der Waals surface area contributed by atoms with Crippen LogP contribution in [0.25, 0.3) is 0 Å². The van der Waals surface area contributed by atoms with E-state index in [0.717, 1.165) is 11.1 Å².